The Morgan fingerprint density at radius 3 is 2.19 bits per heavy atom. The lowest BCUT2D eigenvalue weighted by Gasteiger charge is -2.09. The fourth-order valence-corrected chi connectivity index (χ4v) is 3.11. The molecule has 0 saturated heterocycles. The summed E-state index contributed by atoms with van der Waals surface area (Å²) in [5.74, 6) is 0.452. The van der Waals surface area contributed by atoms with Gasteiger partial charge in [0.15, 0.2) is 0 Å². The molecule has 1 aromatic carbocycles. The molecule has 0 aliphatic rings. The quantitative estimate of drug-likeness (QED) is 0.364. The number of nitrogens with zero attached hydrogens (tertiary/aromatic N) is 4. The van der Waals surface area contributed by atoms with Gasteiger partial charge in [-0.25, -0.2) is 9.36 Å². The minimum atomic E-state index is 0. The van der Waals surface area contributed by atoms with E-state index in [1.165, 1.54) is 30.4 Å². The van der Waals surface area contributed by atoms with Crippen molar-refractivity contribution in [2.24, 2.45) is 0 Å². The van der Waals surface area contributed by atoms with Crippen LogP contribution >= 0.6 is 47.2 Å². The van der Waals surface area contributed by atoms with E-state index in [0.717, 1.165) is 12.8 Å². The molecule has 0 amide bonds. The summed E-state index contributed by atoms with van der Waals surface area (Å²) >= 11 is 17.9. The first-order valence-electron chi connectivity index (χ1n) is 8.85. The summed E-state index contributed by atoms with van der Waals surface area (Å²) < 4.78 is 8.74. The molecule has 10 heteroatoms. The van der Waals surface area contributed by atoms with Gasteiger partial charge in [0, 0.05) is 12.6 Å². The van der Waals surface area contributed by atoms with E-state index in [1.54, 1.807) is 16.8 Å². The Labute approximate surface area is 180 Å². The van der Waals surface area contributed by atoms with Gasteiger partial charge in [-0.2, -0.15) is 0 Å². The Kier molecular flexibility index (Phi) is 11.1. The fourth-order valence-electron chi connectivity index (χ4n) is 2.51. The third kappa shape index (κ3) is 7.53. The van der Waals surface area contributed by atoms with Crippen LogP contribution in [-0.4, -0.2) is 26.4 Å². The number of tetrazole rings is 1. The van der Waals surface area contributed by atoms with Gasteiger partial charge in [-0.3, -0.25) is 5.41 Å². The van der Waals surface area contributed by atoms with Crippen LogP contribution in [0.5, 0.6) is 5.75 Å². The van der Waals surface area contributed by atoms with Gasteiger partial charge in [-0.1, -0.05) is 73.8 Å². The van der Waals surface area contributed by atoms with Crippen LogP contribution in [0.15, 0.2) is 12.1 Å². The van der Waals surface area contributed by atoms with Crippen LogP contribution in [0.2, 0.25) is 15.1 Å². The molecule has 0 atom stereocenters. The highest BCUT2D eigenvalue weighted by molar-refractivity contribution is 6.43. The van der Waals surface area contributed by atoms with Crippen molar-refractivity contribution in [3.05, 3.63) is 32.8 Å². The van der Waals surface area contributed by atoms with Crippen molar-refractivity contribution in [2.75, 3.05) is 6.61 Å². The highest BCUT2D eigenvalue weighted by Crippen LogP contribution is 2.33. The first kappa shape index (κ1) is 24.1. The van der Waals surface area contributed by atoms with Crippen LogP contribution in [0.25, 0.3) is 0 Å². The highest BCUT2D eigenvalue weighted by Gasteiger charge is 2.08. The number of ether oxygens (including phenoxy) is 1. The second-order valence-electron chi connectivity index (χ2n) is 6.06. The molecule has 0 saturated carbocycles. The van der Waals surface area contributed by atoms with Crippen molar-refractivity contribution in [2.45, 2.75) is 58.5 Å². The minimum absolute atomic E-state index is 0. The Hall–Kier alpha value is -0.950. The molecule has 0 aliphatic carbocycles. The molecule has 0 fully saturated rings. The second kappa shape index (κ2) is 12.5. The van der Waals surface area contributed by atoms with E-state index in [9.17, 15) is 0 Å². The van der Waals surface area contributed by atoms with Gasteiger partial charge >= 0.3 is 0 Å². The van der Waals surface area contributed by atoms with Crippen molar-refractivity contribution >= 4 is 47.2 Å². The number of benzene rings is 1. The molecule has 6 nitrogen and oxygen atoms in total. The Bertz CT molecular complexity index is 762. The average molecular weight is 457 g/mol. The van der Waals surface area contributed by atoms with Crippen LogP contribution in [-0.2, 0) is 13.1 Å². The maximum Gasteiger partial charge on any atom is 0.238 e. The van der Waals surface area contributed by atoms with Crippen LogP contribution in [0, 0.1) is 5.41 Å². The molecular weight excluding hydrogens is 432 g/mol. The van der Waals surface area contributed by atoms with Gasteiger partial charge in [-0.05, 0) is 22.9 Å². The second-order valence-corrected chi connectivity index (χ2v) is 7.28. The van der Waals surface area contributed by atoms with Crippen LogP contribution < -0.4 is 10.4 Å². The number of halogens is 4. The molecule has 0 unspecified atom stereocenters. The SMILES string of the molecule is CCCCCCCCn1nnn(CCOc2cc(Cl)c(Cl)cc2Cl)c1=N.Cl. The van der Waals surface area contributed by atoms with E-state index in [4.69, 9.17) is 44.9 Å². The molecule has 1 N–H and O–H groups in total. The number of hydrogen-bond donors (Lipinski definition) is 1. The molecule has 0 radical (unpaired) electrons. The van der Waals surface area contributed by atoms with Gasteiger partial charge < -0.3 is 4.74 Å². The summed E-state index contributed by atoms with van der Waals surface area (Å²) in [6.07, 6.45) is 7.20. The third-order valence-electron chi connectivity index (χ3n) is 4.00. The van der Waals surface area contributed by atoms with E-state index >= 15 is 0 Å². The molecule has 0 bridgehead atoms. The molecule has 2 aromatic rings. The zero-order valence-electron chi connectivity index (χ0n) is 15.3. The topological polar surface area (TPSA) is 68.7 Å². The van der Waals surface area contributed by atoms with Crippen molar-refractivity contribution in [1.82, 2.24) is 19.8 Å². The zero-order chi connectivity index (χ0) is 18.9. The van der Waals surface area contributed by atoms with Crippen LogP contribution in [0.4, 0.5) is 0 Å². The summed E-state index contributed by atoms with van der Waals surface area (Å²) in [4.78, 5) is 0. The molecule has 0 aliphatic heterocycles. The van der Waals surface area contributed by atoms with E-state index < -0.39 is 0 Å². The van der Waals surface area contributed by atoms with Gasteiger partial charge in [0.25, 0.3) is 0 Å². The lowest BCUT2D eigenvalue weighted by atomic mass is 10.1. The zero-order valence-corrected chi connectivity index (χ0v) is 18.3. The summed E-state index contributed by atoms with van der Waals surface area (Å²) in [6.45, 7) is 3.61. The fraction of sp³-hybridized carbons (Fsp3) is 0.588. The molecule has 1 aromatic heterocycles. The lowest BCUT2D eigenvalue weighted by molar-refractivity contribution is 0.286. The number of rotatable bonds is 11. The van der Waals surface area contributed by atoms with Gasteiger partial charge in [0.1, 0.15) is 12.4 Å². The van der Waals surface area contributed by atoms with Crippen molar-refractivity contribution in [3.8, 4) is 5.75 Å². The van der Waals surface area contributed by atoms with Gasteiger partial charge in [-0.15, -0.1) is 12.4 Å². The summed E-state index contributed by atoms with van der Waals surface area (Å²) in [5, 5.41) is 17.3. The number of aryl methyl sites for hydroxylation is 1. The standard InChI is InChI=1S/C17H24Cl3N5O.ClH/c1-2-3-4-5-6-7-8-24-17(21)25(23-22-24)9-10-26-16-12-14(19)13(18)11-15(16)20;/h11-12,21H,2-10H2,1H3;1H. The largest absolute Gasteiger partial charge is 0.490 e. The first-order chi connectivity index (χ1) is 12.5. The molecule has 152 valence electrons. The van der Waals surface area contributed by atoms with E-state index in [2.05, 4.69) is 17.4 Å². The van der Waals surface area contributed by atoms with Crippen molar-refractivity contribution < 1.29 is 4.74 Å². The molecule has 27 heavy (non-hydrogen) atoms. The molecule has 1 heterocycles. The van der Waals surface area contributed by atoms with Crippen molar-refractivity contribution in [1.29, 1.82) is 5.41 Å². The Morgan fingerprint density at radius 1 is 0.889 bits per heavy atom. The van der Waals surface area contributed by atoms with Gasteiger partial charge in [0.2, 0.25) is 5.62 Å². The van der Waals surface area contributed by atoms with Gasteiger partial charge in [0.05, 0.1) is 21.6 Å². The molecule has 0 spiro atoms. The maximum atomic E-state index is 8.14. The summed E-state index contributed by atoms with van der Waals surface area (Å²) in [5.41, 5.74) is 0.266. The molecular formula is C17H25Cl4N5O. The number of hydrogen-bond acceptors (Lipinski definition) is 4. The van der Waals surface area contributed by atoms with Crippen molar-refractivity contribution in [3.63, 3.8) is 0 Å². The van der Waals surface area contributed by atoms with E-state index in [-0.39, 0.29) is 18.0 Å². The smallest absolute Gasteiger partial charge is 0.238 e. The lowest BCUT2D eigenvalue weighted by Crippen LogP contribution is -2.27. The maximum absolute atomic E-state index is 8.14. The first-order valence-corrected chi connectivity index (χ1v) is 9.99. The number of aromatic nitrogens is 4. The monoisotopic (exact) mass is 455 g/mol. The third-order valence-corrected chi connectivity index (χ3v) is 5.02. The number of unbranched alkanes of at least 4 members (excludes halogenated alkanes) is 5. The van der Waals surface area contributed by atoms with Crippen LogP contribution in [0.3, 0.4) is 0 Å². The van der Waals surface area contributed by atoms with E-state index in [0.29, 0.717) is 40.5 Å². The Morgan fingerprint density at radius 2 is 1.48 bits per heavy atom. The normalized spacial score (nSPS) is 10.7. The minimum Gasteiger partial charge on any atom is -0.490 e. The number of nitrogens with one attached hydrogen (secondary N) is 1. The Balaban J connectivity index is 0.00000364. The summed E-state index contributed by atoms with van der Waals surface area (Å²) in [7, 11) is 0. The summed E-state index contributed by atoms with van der Waals surface area (Å²) in [6, 6.07) is 3.12. The predicted octanol–water partition coefficient (Wildman–Crippen LogP) is 5.38. The predicted molar refractivity (Wildman–Crippen MR) is 111 cm³/mol. The molecule has 2 rings (SSSR count). The highest BCUT2D eigenvalue weighted by atomic mass is 35.5. The average Bonchev–Trinajstić information content (AvgIpc) is 2.96. The van der Waals surface area contributed by atoms with E-state index in [1.807, 2.05) is 0 Å². The van der Waals surface area contributed by atoms with Crippen LogP contribution in [0.1, 0.15) is 45.4 Å².